The van der Waals surface area contributed by atoms with Crippen molar-refractivity contribution in [2.24, 2.45) is 5.73 Å². The molecule has 0 spiro atoms. The lowest BCUT2D eigenvalue weighted by atomic mass is 10.1. The molecule has 2 heterocycles. The van der Waals surface area contributed by atoms with Gasteiger partial charge in [0.15, 0.2) is 11.9 Å². The summed E-state index contributed by atoms with van der Waals surface area (Å²) in [5.41, 5.74) is 3.47. The van der Waals surface area contributed by atoms with Crippen LogP contribution in [0.15, 0.2) is 11.0 Å². The van der Waals surface area contributed by atoms with Gasteiger partial charge in [-0.1, -0.05) is 11.6 Å². The molecule has 0 aromatic carbocycles. The van der Waals surface area contributed by atoms with E-state index in [1.165, 1.54) is 0 Å². The number of carbonyl (C=O) groups is 1. The predicted octanol–water partition coefficient (Wildman–Crippen LogP) is -2.39. The van der Waals surface area contributed by atoms with Crippen LogP contribution < -0.4 is 11.3 Å². The molecule has 4 atom stereocenters. The van der Waals surface area contributed by atoms with Crippen LogP contribution in [0.2, 0.25) is 5.15 Å². The number of aliphatic hydroxyl groups is 3. The molecular weight excluding hydrogens is 294 g/mol. The van der Waals surface area contributed by atoms with Gasteiger partial charge in [-0.3, -0.25) is 14.2 Å². The summed E-state index contributed by atoms with van der Waals surface area (Å²) in [5.74, 6) is -1.09. The molecule has 1 aliphatic heterocycles. The van der Waals surface area contributed by atoms with Crippen molar-refractivity contribution >= 4 is 17.5 Å². The highest BCUT2D eigenvalue weighted by Gasteiger charge is 2.44. The Morgan fingerprint density at radius 1 is 1.50 bits per heavy atom. The zero-order valence-electron chi connectivity index (χ0n) is 10.0. The normalized spacial score (nSPS) is 29.6. The number of aliphatic hydroxyl groups excluding tert-OH is 3. The Bertz CT molecular complexity index is 591. The van der Waals surface area contributed by atoms with Gasteiger partial charge >= 0.3 is 0 Å². The van der Waals surface area contributed by atoms with Gasteiger partial charge in [0.1, 0.15) is 23.5 Å². The standard InChI is InChI=1S/C10H12ClN3O6/c11-4-1-14(9(19)5(13-4)8(12)18)10-7(17)6(16)3(2-15)20-10/h1,3,6-7,10,15-17H,2H2,(H2,12,18). The fourth-order valence-corrected chi connectivity index (χ4v) is 2.13. The molecule has 10 heteroatoms. The topological polar surface area (TPSA) is 148 Å². The summed E-state index contributed by atoms with van der Waals surface area (Å²) in [7, 11) is 0. The van der Waals surface area contributed by atoms with Gasteiger partial charge in [0.25, 0.3) is 11.5 Å². The summed E-state index contributed by atoms with van der Waals surface area (Å²) in [4.78, 5) is 26.6. The van der Waals surface area contributed by atoms with Crippen LogP contribution in [0.1, 0.15) is 16.7 Å². The second-order valence-corrected chi connectivity index (χ2v) is 4.61. The van der Waals surface area contributed by atoms with Crippen molar-refractivity contribution in [3.63, 3.8) is 0 Å². The number of primary amides is 1. The molecule has 2 rings (SSSR count). The number of ether oxygens (including phenoxy) is 1. The van der Waals surface area contributed by atoms with Gasteiger partial charge in [-0.05, 0) is 0 Å². The molecule has 1 amide bonds. The van der Waals surface area contributed by atoms with Crippen LogP contribution in [0, 0.1) is 0 Å². The average Bonchev–Trinajstić information content (AvgIpc) is 2.68. The minimum absolute atomic E-state index is 0.212. The third-order valence-corrected chi connectivity index (χ3v) is 3.11. The van der Waals surface area contributed by atoms with Crippen molar-refractivity contribution in [3.05, 3.63) is 27.4 Å². The summed E-state index contributed by atoms with van der Waals surface area (Å²) in [6, 6.07) is 0. The van der Waals surface area contributed by atoms with Gasteiger partial charge in [0.2, 0.25) is 0 Å². The third kappa shape index (κ3) is 2.41. The Morgan fingerprint density at radius 3 is 2.65 bits per heavy atom. The molecule has 20 heavy (non-hydrogen) atoms. The molecule has 1 aromatic rings. The number of hydrogen-bond acceptors (Lipinski definition) is 7. The van der Waals surface area contributed by atoms with Gasteiger partial charge in [-0.25, -0.2) is 4.98 Å². The lowest BCUT2D eigenvalue weighted by Crippen LogP contribution is -2.38. The molecule has 9 nitrogen and oxygen atoms in total. The summed E-state index contributed by atoms with van der Waals surface area (Å²) in [6.45, 7) is -0.551. The SMILES string of the molecule is NC(=O)c1nc(Cl)cn(C2OC(CO)C(O)C2O)c1=O. The Kier molecular flexibility index (Phi) is 4.06. The highest BCUT2D eigenvalue weighted by molar-refractivity contribution is 6.29. The average molecular weight is 306 g/mol. The summed E-state index contributed by atoms with van der Waals surface area (Å²) >= 11 is 5.67. The van der Waals surface area contributed by atoms with Crippen LogP contribution in [-0.2, 0) is 4.74 Å². The van der Waals surface area contributed by atoms with Crippen LogP contribution in [0.3, 0.4) is 0 Å². The van der Waals surface area contributed by atoms with Gasteiger partial charge in [-0.15, -0.1) is 0 Å². The zero-order chi connectivity index (χ0) is 15.0. The van der Waals surface area contributed by atoms with Crippen LogP contribution in [-0.4, -0.2) is 55.7 Å². The van der Waals surface area contributed by atoms with Crippen molar-refractivity contribution in [3.8, 4) is 0 Å². The van der Waals surface area contributed by atoms with Crippen LogP contribution >= 0.6 is 11.6 Å². The smallest absolute Gasteiger partial charge is 0.284 e. The van der Waals surface area contributed by atoms with Gasteiger partial charge in [0, 0.05) is 6.20 Å². The molecule has 1 saturated heterocycles. The number of carbonyl (C=O) groups excluding carboxylic acids is 1. The molecule has 4 unspecified atom stereocenters. The molecule has 1 aliphatic rings. The van der Waals surface area contributed by atoms with Crippen LogP contribution in [0.25, 0.3) is 0 Å². The van der Waals surface area contributed by atoms with Gasteiger partial charge in [0.05, 0.1) is 6.61 Å². The molecule has 0 saturated carbocycles. The van der Waals surface area contributed by atoms with E-state index in [1.807, 2.05) is 0 Å². The molecule has 0 bridgehead atoms. The first-order valence-electron chi connectivity index (χ1n) is 5.57. The van der Waals surface area contributed by atoms with E-state index in [4.69, 9.17) is 27.2 Å². The molecule has 1 aromatic heterocycles. The highest BCUT2D eigenvalue weighted by atomic mass is 35.5. The van der Waals surface area contributed by atoms with Crippen molar-refractivity contribution in [2.45, 2.75) is 24.5 Å². The van der Waals surface area contributed by atoms with Gasteiger partial charge in [-0.2, -0.15) is 0 Å². The first kappa shape index (κ1) is 14.9. The lowest BCUT2D eigenvalue weighted by Gasteiger charge is -2.18. The molecule has 0 radical (unpaired) electrons. The monoisotopic (exact) mass is 305 g/mol. The Morgan fingerprint density at radius 2 is 2.15 bits per heavy atom. The number of nitrogens with two attached hydrogens (primary N) is 1. The second kappa shape index (κ2) is 5.46. The second-order valence-electron chi connectivity index (χ2n) is 4.22. The number of aromatic nitrogens is 2. The van der Waals surface area contributed by atoms with Crippen molar-refractivity contribution < 1.29 is 24.9 Å². The summed E-state index contributed by atoms with van der Waals surface area (Å²) < 4.78 is 5.97. The predicted molar refractivity (Wildman–Crippen MR) is 65.0 cm³/mol. The van der Waals surface area contributed by atoms with E-state index >= 15 is 0 Å². The molecule has 0 aliphatic carbocycles. The maximum atomic E-state index is 12.0. The third-order valence-electron chi connectivity index (χ3n) is 2.93. The van der Waals surface area contributed by atoms with E-state index in [1.54, 1.807) is 0 Å². The van der Waals surface area contributed by atoms with E-state index < -0.39 is 48.3 Å². The van der Waals surface area contributed by atoms with Crippen molar-refractivity contribution in [1.29, 1.82) is 0 Å². The fourth-order valence-electron chi connectivity index (χ4n) is 1.94. The van der Waals surface area contributed by atoms with E-state index in [-0.39, 0.29) is 5.15 Å². The van der Waals surface area contributed by atoms with Gasteiger partial charge < -0.3 is 25.8 Å². The first-order valence-corrected chi connectivity index (χ1v) is 5.95. The first-order chi connectivity index (χ1) is 9.36. The van der Waals surface area contributed by atoms with E-state index in [0.29, 0.717) is 0 Å². The Hall–Kier alpha value is -1.52. The highest BCUT2D eigenvalue weighted by Crippen LogP contribution is 2.28. The Balaban J connectivity index is 2.49. The number of nitrogens with zero attached hydrogens (tertiary/aromatic N) is 2. The lowest BCUT2D eigenvalue weighted by molar-refractivity contribution is -0.0545. The van der Waals surface area contributed by atoms with Crippen molar-refractivity contribution in [1.82, 2.24) is 9.55 Å². The number of halogens is 1. The summed E-state index contributed by atoms with van der Waals surface area (Å²) in [5, 5.41) is 28.2. The maximum absolute atomic E-state index is 12.0. The van der Waals surface area contributed by atoms with E-state index in [2.05, 4.69) is 4.98 Å². The fraction of sp³-hybridized carbons (Fsp3) is 0.500. The van der Waals surface area contributed by atoms with E-state index in [9.17, 15) is 19.8 Å². The number of hydrogen-bond donors (Lipinski definition) is 4. The largest absolute Gasteiger partial charge is 0.394 e. The van der Waals surface area contributed by atoms with Crippen LogP contribution in [0.5, 0.6) is 0 Å². The maximum Gasteiger partial charge on any atom is 0.284 e. The quantitative estimate of drug-likeness (QED) is 0.487. The zero-order valence-corrected chi connectivity index (χ0v) is 10.8. The van der Waals surface area contributed by atoms with E-state index in [0.717, 1.165) is 10.8 Å². The minimum atomic E-state index is -1.48. The molecule has 110 valence electrons. The Labute approximate surface area is 117 Å². The molecular formula is C10H12ClN3O6. The number of rotatable bonds is 3. The minimum Gasteiger partial charge on any atom is -0.394 e. The summed E-state index contributed by atoms with van der Waals surface area (Å²) in [6.07, 6.45) is -4.21. The molecule has 5 N–H and O–H groups in total. The van der Waals surface area contributed by atoms with Crippen molar-refractivity contribution in [2.75, 3.05) is 6.61 Å². The number of amides is 1. The molecule has 1 fully saturated rings. The van der Waals surface area contributed by atoms with Crippen LogP contribution in [0.4, 0.5) is 0 Å².